The molecule has 1 amide bonds. The summed E-state index contributed by atoms with van der Waals surface area (Å²) in [6.45, 7) is 4.09. The number of carbonyl (C=O) groups is 1. The Kier molecular flexibility index (Phi) is 4.22. The molecule has 100 valence electrons. The Balaban J connectivity index is 2.05. The molecule has 0 atom stereocenters. The summed E-state index contributed by atoms with van der Waals surface area (Å²) in [4.78, 5) is 12.0. The van der Waals surface area contributed by atoms with Crippen molar-refractivity contribution in [1.82, 2.24) is 10.5 Å². The minimum absolute atomic E-state index is 0.132. The largest absolute Gasteiger partial charge is 0.361 e. The highest BCUT2D eigenvalue weighted by atomic mass is 35.5. The molecule has 2 aromatic rings. The van der Waals surface area contributed by atoms with E-state index in [1.807, 2.05) is 26.0 Å². The SMILES string of the molecule is Cc1noc(C)c1CNC(=O)c1cccc(CCl)c1. The number of hydrogen-bond acceptors (Lipinski definition) is 3. The summed E-state index contributed by atoms with van der Waals surface area (Å²) < 4.78 is 5.05. The number of nitrogens with one attached hydrogen (secondary N) is 1. The minimum Gasteiger partial charge on any atom is -0.361 e. The van der Waals surface area contributed by atoms with Gasteiger partial charge < -0.3 is 9.84 Å². The van der Waals surface area contributed by atoms with E-state index >= 15 is 0 Å². The number of benzene rings is 1. The first-order chi connectivity index (χ1) is 9.11. The zero-order valence-corrected chi connectivity index (χ0v) is 11.6. The molecule has 0 unspecified atom stereocenters. The summed E-state index contributed by atoms with van der Waals surface area (Å²) in [6, 6.07) is 7.26. The first-order valence-electron chi connectivity index (χ1n) is 5.96. The Labute approximate surface area is 116 Å². The van der Waals surface area contributed by atoms with Crippen LogP contribution < -0.4 is 5.32 Å². The second-order valence-corrected chi connectivity index (χ2v) is 4.59. The number of aromatic nitrogens is 1. The number of halogens is 1. The minimum atomic E-state index is -0.132. The van der Waals surface area contributed by atoms with Gasteiger partial charge in [0.05, 0.1) is 5.69 Å². The number of amides is 1. The number of hydrogen-bond donors (Lipinski definition) is 1. The Hall–Kier alpha value is -1.81. The van der Waals surface area contributed by atoms with E-state index < -0.39 is 0 Å². The van der Waals surface area contributed by atoms with Crippen LogP contribution in [-0.4, -0.2) is 11.1 Å². The highest BCUT2D eigenvalue weighted by Gasteiger charge is 2.11. The standard InChI is InChI=1S/C14H15ClN2O2/c1-9-13(10(2)19-17-9)8-16-14(18)12-5-3-4-11(6-12)7-15/h3-6H,7-8H2,1-2H3,(H,16,18). The van der Waals surface area contributed by atoms with Crippen LogP contribution in [0.15, 0.2) is 28.8 Å². The highest BCUT2D eigenvalue weighted by molar-refractivity contribution is 6.17. The molecule has 0 spiro atoms. The van der Waals surface area contributed by atoms with Gasteiger partial charge in [-0.25, -0.2) is 0 Å². The zero-order valence-electron chi connectivity index (χ0n) is 10.9. The molecule has 0 aliphatic heterocycles. The molecule has 0 aliphatic rings. The van der Waals surface area contributed by atoms with Crippen LogP contribution in [0.5, 0.6) is 0 Å². The molecule has 1 heterocycles. The molecular formula is C14H15ClN2O2. The number of aryl methyl sites for hydroxylation is 2. The van der Waals surface area contributed by atoms with E-state index in [2.05, 4.69) is 10.5 Å². The Morgan fingerprint density at radius 1 is 1.42 bits per heavy atom. The first-order valence-corrected chi connectivity index (χ1v) is 6.50. The van der Waals surface area contributed by atoms with Crippen LogP contribution in [0.1, 0.15) is 32.9 Å². The summed E-state index contributed by atoms with van der Waals surface area (Å²) in [5, 5.41) is 6.70. The lowest BCUT2D eigenvalue weighted by molar-refractivity contribution is 0.0950. The maximum atomic E-state index is 12.0. The third kappa shape index (κ3) is 3.15. The van der Waals surface area contributed by atoms with Gasteiger partial charge in [-0.15, -0.1) is 11.6 Å². The number of nitrogens with zero attached hydrogens (tertiary/aromatic N) is 1. The van der Waals surface area contributed by atoms with Crippen molar-refractivity contribution < 1.29 is 9.32 Å². The third-order valence-electron chi connectivity index (χ3n) is 2.95. The van der Waals surface area contributed by atoms with E-state index in [-0.39, 0.29) is 5.91 Å². The van der Waals surface area contributed by atoms with Gasteiger partial charge in [-0.3, -0.25) is 4.79 Å². The van der Waals surface area contributed by atoms with E-state index in [0.29, 0.717) is 18.0 Å². The van der Waals surface area contributed by atoms with Crippen molar-refractivity contribution in [3.05, 3.63) is 52.4 Å². The average molecular weight is 279 g/mol. The van der Waals surface area contributed by atoms with E-state index in [0.717, 1.165) is 22.6 Å². The molecule has 0 radical (unpaired) electrons. The summed E-state index contributed by atoms with van der Waals surface area (Å²) in [6.07, 6.45) is 0. The van der Waals surface area contributed by atoms with Crippen LogP contribution >= 0.6 is 11.6 Å². The fourth-order valence-electron chi connectivity index (χ4n) is 1.82. The Morgan fingerprint density at radius 2 is 2.21 bits per heavy atom. The molecular weight excluding hydrogens is 264 g/mol. The third-order valence-corrected chi connectivity index (χ3v) is 3.26. The van der Waals surface area contributed by atoms with Gasteiger partial charge in [0.1, 0.15) is 5.76 Å². The van der Waals surface area contributed by atoms with Crippen LogP contribution in [0.2, 0.25) is 0 Å². The normalized spacial score (nSPS) is 10.5. The molecule has 5 heteroatoms. The van der Waals surface area contributed by atoms with Crippen LogP contribution in [0, 0.1) is 13.8 Å². The molecule has 0 saturated carbocycles. The first kappa shape index (κ1) is 13.6. The maximum Gasteiger partial charge on any atom is 0.251 e. The molecule has 1 N–H and O–H groups in total. The lowest BCUT2D eigenvalue weighted by Gasteiger charge is -2.06. The summed E-state index contributed by atoms with van der Waals surface area (Å²) in [7, 11) is 0. The summed E-state index contributed by atoms with van der Waals surface area (Å²) in [5.41, 5.74) is 3.24. The van der Waals surface area contributed by atoms with Crippen molar-refractivity contribution in [2.45, 2.75) is 26.3 Å². The van der Waals surface area contributed by atoms with Gasteiger partial charge in [0, 0.05) is 23.6 Å². The molecule has 0 bridgehead atoms. The van der Waals surface area contributed by atoms with E-state index in [4.69, 9.17) is 16.1 Å². The molecule has 1 aromatic carbocycles. The van der Waals surface area contributed by atoms with Gasteiger partial charge in [-0.2, -0.15) is 0 Å². The predicted octanol–water partition coefficient (Wildman–Crippen LogP) is 2.96. The lowest BCUT2D eigenvalue weighted by Crippen LogP contribution is -2.23. The van der Waals surface area contributed by atoms with Crippen molar-refractivity contribution >= 4 is 17.5 Å². The van der Waals surface area contributed by atoms with Crippen molar-refractivity contribution in [1.29, 1.82) is 0 Å². The van der Waals surface area contributed by atoms with Gasteiger partial charge >= 0.3 is 0 Å². The summed E-state index contributed by atoms with van der Waals surface area (Å²) >= 11 is 5.75. The van der Waals surface area contributed by atoms with Gasteiger partial charge in [-0.1, -0.05) is 17.3 Å². The predicted molar refractivity (Wildman–Crippen MR) is 73.1 cm³/mol. The average Bonchev–Trinajstić information content (AvgIpc) is 2.75. The summed E-state index contributed by atoms with van der Waals surface area (Å²) in [5.74, 6) is 0.990. The molecule has 0 aliphatic carbocycles. The maximum absolute atomic E-state index is 12.0. The van der Waals surface area contributed by atoms with Crippen LogP contribution in [0.4, 0.5) is 0 Å². The quantitative estimate of drug-likeness (QED) is 0.875. The molecule has 0 saturated heterocycles. The monoisotopic (exact) mass is 278 g/mol. The molecule has 4 nitrogen and oxygen atoms in total. The van der Waals surface area contributed by atoms with Crippen LogP contribution in [0.25, 0.3) is 0 Å². The fourth-order valence-corrected chi connectivity index (χ4v) is 1.99. The molecule has 0 fully saturated rings. The molecule has 19 heavy (non-hydrogen) atoms. The van der Waals surface area contributed by atoms with Crippen molar-refractivity contribution in [2.75, 3.05) is 0 Å². The van der Waals surface area contributed by atoms with E-state index in [1.165, 1.54) is 0 Å². The van der Waals surface area contributed by atoms with Crippen LogP contribution in [0.3, 0.4) is 0 Å². The van der Waals surface area contributed by atoms with Crippen molar-refractivity contribution in [2.24, 2.45) is 0 Å². The molecule has 1 aromatic heterocycles. The highest BCUT2D eigenvalue weighted by Crippen LogP contribution is 2.12. The molecule has 2 rings (SSSR count). The fraction of sp³-hybridized carbons (Fsp3) is 0.286. The van der Waals surface area contributed by atoms with Gasteiger partial charge in [-0.05, 0) is 31.5 Å². The second kappa shape index (κ2) is 5.89. The Bertz CT molecular complexity index is 573. The number of carbonyl (C=O) groups excluding carboxylic acids is 1. The Morgan fingerprint density at radius 3 is 2.84 bits per heavy atom. The van der Waals surface area contributed by atoms with Gasteiger partial charge in [0.25, 0.3) is 5.91 Å². The van der Waals surface area contributed by atoms with E-state index in [1.54, 1.807) is 12.1 Å². The van der Waals surface area contributed by atoms with Crippen molar-refractivity contribution in [3.8, 4) is 0 Å². The zero-order chi connectivity index (χ0) is 13.8. The number of rotatable bonds is 4. The van der Waals surface area contributed by atoms with Gasteiger partial charge in [0.2, 0.25) is 0 Å². The number of alkyl halides is 1. The van der Waals surface area contributed by atoms with Crippen LogP contribution in [-0.2, 0) is 12.4 Å². The van der Waals surface area contributed by atoms with Crippen molar-refractivity contribution in [3.63, 3.8) is 0 Å². The smallest absolute Gasteiger partial charge is 0.251 e. The van der Waals surface area contributed by atoms with Gasteiger partial charge in [0.15, 0.2) is 0 Å². The topological polar surface area (TPSA) is 55.1 Å². The van der Waals surface area contributed by atoms with E-state index in [9.17, 15) is 4.79 Å². The second-order valence-electron chi connectivity index (χ2n) is 4.32. The lowest BCUT2D eigenvalue weighted by atomic mass is 10.1.